The largest absolute Gasteiger partial charge is 0.351 e. The van der Waals surface area contributed by atoms with Gasteiger partial charge in [0, 0.05) is 19.8 Å². The van der Waals surface area contributed by atoms with E-state index >= 15 is 0 Å². The normalized spacial score (nSPS) is 17.5. The average molecular weight is 449 g/mol. The molecule has 0 radical (unpaired) electrons. The summed E-state index contributed by atoms with van der Waals surface area (Å²) in [6.45, 7) is 10.2. The monoisotopic (exact) mass is 448 g/mol. The van der Waals surface area contributed by atoms with Crippen LogP contribution in [0.4, 0.5) is 0 Å². The quantitative estimate of drug-likeness (QED) is 0.364. The number of unbranched alkanes of at least 4 members (excludes halogenated alkanes) is 1. The molecule has 0 unspecified atom stereocenters. The van der Waals surface area contributed by atoms with E-state index in [1.165, 1.54) is 16.8 Å². The number of hydrogen-bond donors (Lipinski definition) is 1. The molecule has 0 aromatic rings. The molecule has 0 aromatic carbocycles. The van der Waals surface area contributed by atoms with E-state index in [9.17, 15) is 14.4 Å². The molecule has 7 nitrogen and oxygen atoms in total. The van der Waals surface area contributed by atoms with Gasteiger partial charge >= 0.3 is 0 Å². The van der Waals surface area contributed by atoms with Gasteiger partial charge in [-0.05, 0) is 56.3 Å². The summed E-state index contributed by atoms with van der Waals surface area (Å²) in [4.78, 5) is 38.7. The summed E-state index contributed by atoms with van der Waals surface area (Å²) in [5.41, 5.74) is 1.84. The molecule has 0 spiro atoms. The van der Waals surface area contributed by atoms with Crippen LogP contribution in [0.2, 0.25) is 0 Å². The highest BCUT2D eigenvalue weighted by Gasteiger charge is 2.32. The third-order valence-electron chi connectivity index (χ3n) is 5.15. The van der Waals surface area contributed by atoms with Crippen molar-refractivity contribution in [2.75, 3.05) is 19.6 Å². The average Bonchev–Trinajstić information content (AvgIpc) is 3.57. The van der Waals surface area contributed by atoms with Gasteiger partial charge in [-0.15, -0.1) is 0 Å². The number of halogens is 1. The number of nitrogens with zero attached hydrogens (tertiary/aromatic N) is 3. The number of Topliss-reactive ketones (excluding diaryl/α,β-unsaturated/α-hetero) is 1. The molecule has 2 amide bonds. The summed E-state index contributed by atoms with van der Waals surface area (Å²) in [5.74, 6) is -0.176. The standard InChI is InChI=1S/C23H33ClN4O3/c1-5-7-10-26-23(31)21-13-18(17-8-9-17)12-20(28(21)25-4)19(24)14-22(30)27(11-6-2)15-16(3)29/h12-13,17H,4-11,14-15H2,1-3H3,(H,26,31)/b20-19+. The van der Waals surface area contributed by atoms with Crippen LogP contribution < -0.4 is 5.32 Å². The van der Waals surface area contributed by atoms with E-state index in [-0.39, 0.29) is 35.6 Å². The molecule has 1 N–H and O–H groups in total. The lowest BCUT2D eigenvalue weighted by Crippen LogP contribution is -2.36. The molecule has 1 saturated carbocycles. The minimum atomic E-state index is -0.246. The van der Waals surface area contributed by atoms with Crippen LogP contribution in [-0.4, -0.2) is 53.9 Å². The molecule has 1 heterocycles. The molecule has 31 heavy (non-hydrogen) atoms. The lowest BCUT2D eigenvalue weighted by Gasteiger charge is -2.28. The molecule has 170 valence electrons. The Balaban J connectivity index is 2.31. The molecular weight excluding hydrogens is 416 g/mol. The van der Waals surface area contributed by atoms with Crippen LogP contribution in [0.15, 0.2) is 39.3 Å². The van der Waals surface area contributed by atoms with Gasteiger partial charge in [-0.2, -0.15) is 5.10 Å². The van der Waals surface area contributed by atoms with Crippen molar-refractivity contribution in [3.8, 4) is 0 Å². The van der Waals surface area contributed by atoms with Gasteiger partial charge in [0.25, 0.3) is 5.91 Å². The Kier molecular flexibility index (Phi) is 9.49. The number of nitrogens with one attached hydrogen (secondary N) is 1. The van der Waals surface area contributed by atoms with E-state index in [1.54, 1.807) is 0 Å². The highest BCUT2D eigenvalue weighted by molar-refractivity contribution is 6.31. The van der Waals surface area contributed by atoms with Gasteiger partial charge in [-0.3, -0.25) is 14.4 Å². The summed E-state index contributed by atoms with van der Waals surface area (Å²) in [6.07, 6.45) is 8.36. The maximum atomic E-state index is 12.8. The number of hydrazone groups is 1. The van der Waals surface area contributed by atoms with Crippen molar-refractivity contribution in [3.63, 3.8) is 0 Å². The van der Waals surface area contributed by atoms with Crippen LogP contribution in [-0.2, 0) is 14.4 Å². The first-order valence-corrected chi connectivity index (χ1v) is 11.3. The Morgan fingerprint density at radius 3 is 2.52 bits per heavy atom. The Hall–Kier alpha value is -2.41. The number of ketones is 1. The van der Waals surface area contributed by atoms with E-state index < -0.39 is 0 Å². The Morgan fingerprint density at radius 2 is 1.97 bits per heavy atom. The number of amides is 2. The zero-order valence-electron chi connectivity index (χ0n) is 18.7. The molecule has 1 fully saturated rings. The SMILES string of the molecule is C=NN1C(C(=O)NCCCC)=CC(C2CC2)=C/C1=C(\Cl)CC(=O)N(CCC)CC(C)=O. The van der Waals surface area contributed by atoms with Gasteiger partial charge in [-0.25, -0.2) is 5.01 Å². The van der Waals surface area contributed by atoms with Crippen molar-refractivity contribution in [1.82, 2.24) is 15.2 Å². The van der Waals surface area contributed by atoms with Gasteiger partial charge < -0.3 is 10.2 Å². The molecule has 1 aliphatic heterocycles. The lowest BCUT2D eigenvalue weighted by atomic mass is 10.0. The highest BCUT2D eigenvalue weighted by atomic mass is 35.5. The fourth-order valence-corrected chi connectivity index (χ4v) is 3.65. The first-order chi connectivity index (χ1) is 14.8. The summed E-state index contributed by atoms with van der Waals surface area (Å²) >= 11 is 6.61. The van der Waals surface area contributed by atoms with E-state index in [1.807, 2.05) is 19.1 Å². The number of rotatable bonds is 12. The van der Waals surface area contributed by atoms with Gasteiger partial charge in [0.2, 0.25) is 5.91 Å². The van der Waals surface area contributed by atoms with Crippen molar-refractivity contribution in [1.29, 1.82) is 0 Å². The lowest BCUT2D eigenvalue weighted by molar-refractivity contribution is -0.134. The topological polar surface area (TPSA) is 82.1 Å². The van der Waals surface area contributed by atoms with Crippen LogP contribution in [0.25, 0.3) is 0 Å². The summed E-state index contributed by atoms with van der Waals surface area (Å²) in [5, 5.41) is 8.60. The van der Waals surface area contributed by atoms with Gasteiger partial charge in [0.05, 0.1) is 23.7 Å². The zero-order valence-corrected chi connectivity index (χ0v) is 19.5. The molecule has 0 atom stereocenters. The molecule has 0 bridgehead atoms. The molecule has 2 rings (SSSR count). The van der Waals surface area contributed by atoms with E-state index in [4.69, 9.17) is 11.6 Å². The maximum Gasteiger partial charge on any atom is 0.269 e. The van der Waals surface area contributed by atoms with Crippen molar-refractivity contribution in [3.05, 3.63) is 34.2 Å². The van der Waals surface area contributed by atoms with E-state index in [0.29, 0.717) is 30.4 Å². The third kappa shape index (κ3) is 7.06. The zero-order chi connectivity index (χ0) is 23.0. The Morgan fingerprint density at radius 1 is 1.26 bits per heavy atom. The summed E-state index contributed by atoms with van der Waals surface area (Å²) < 4.78 is 0. The third-order valence-corrected chi connectivity index (χ3v) is 5.47. The predicted octanol–water partition coefficient (Wildman–Crippen LogP) is 3.72. The van der Waals surface area contributed by atoms with Crippen molar-refractivity contribution >= 4 is 35.9 Å². The highest BCUT2D eigenvalue weighted by Crippen LogP contribution is 2.41. The Labute approximate surface area is 189 Å². The predicted molar refractivity (Wildman–Crippen MR) is 123 cm³/mol. The minimum absolute atomic E-state index is 0.0593. The van der Waals surface area contributed by atoms with Gasteiger partial charge in [0.1, 0.15) is 11.5 Å². The first kappa shape index (κ1) is 24.9. The number of allylic oxidation sites excluding steroid dienone is 3. The number of hydrogen-bond acceptors (Lipinski definition) is 5. The smallest absolute Gasteiger partial charge is 0.269 e. The summed E-state index contributed by atoms with van der Waals surface area (Å²) in [6, 6.07) is 0. The number of carbonyl (C=O) groups is 3. The summed E-state index contributed by atoms with van der Waals surface area (Å²) in [7, 11) is 0. The molecular formula is C23H33ClN4O3. The maximum absolute atomic E-state index is 12.8. The van der Waals surface area contributed by atoms with E-state index in [2.05, 4.69) is 24.1 Å². The van der Waals surface area contributed by atoms with Crippen LogP contribution in [0.1, 0.15) is 59.3 Å². The second kappa shape index (κ2) is 11.8. The molecule has 0 aromatic heterocycles. The van der Waals surface area contributed by atoms with Gasteiger partial charge in [0.15, 0.2) is 0 Å². The van der Waals surface area contributed by atoms with Crippen molar-refractivity contribution < 1.29 is 14.4 Å². The molecule has 2 aliphatic rings. The van der Waals surface area contributed by atoms with E-state index in [0.717, 1.165) is 37.7 Å². The molecule has 1 aliphatic carbocycles. The van der Waals surface area contributed by atoms with Crippen LogP contribution in [0.5, 0.6) is 0 Å². The Bertz CT molecular complexity index is 812. The first-order valence-electron chi connectivity index (χ1n) is 11.0. The second-order valence-corrected chi connectivity index (χ2v) is 8.45. The fraction of sp³-hybridized carbons (Fsp3) is 0.565. The van der Waals surface area contributed by atoms with Gasteiger partial charge in [-0.1, -0.05) is 31.9 Å². The fourth-order valence-electron chi connectivity index (χ4n) is 3.40. The minimum Gasteiger partial charge on any atom is -0.351 e. The van der Waals surface area contributed by atoms with Crippen LogP contribution in [0, 0.1) is 5.92 Å². The molecule has 8 heteroatoms. The number of carbonyl (C=O) groups excluding carboxylic acids is 3. The van der Waals surface area contributed by atoms with Crippen molar-refractivity contribution in [2.45, 2.75) is 59.3 Å². The second-order valence-electron chi connectivity index (χ2n) is 8.00. The molecule has 0 saturated heterocycles. The van der Waals surface area contributed by atoms with Crippen LogP contribution in [0.3, 0.4) is 0 Å². The van der Waals surface area contributed by atoms with Crippen LogP contribution >= 0.6 is 11.6 Å². The van der Waals surface area contributed by atoms with Crippen molar-refractivity contribution in [2.24, 2.45) is 11.0 Å².